The highest BCUT2D eigenvalue weighted by molar-refractivity contribution is 5.83. The number of allylic oxidation sites excluding steroid dienone is 7. The van der Waals surface area contributed by atoms with Gasteiger partial charge in [0.1, 0.15) is 5.82 Å². The molecule has 142 valence electrons. The van der Waals surface area contributed by atoms with E-state index in [0.29, 0.717) is 16.8 Å². The molecule has 2 rings (SSSR count). The van der Waals surface area contributed by atoms with Crippen LogP contribution < -0.4 is 17.0 Å². The Balaban J connectivity index is 2.35. The Hall–Kier alpha value is -3.63. The summed E-state index contributed by atoms with van der Waals surface area (Å²) >= 11 is 0. The van der Waals surface area contributed by atoms with Crippen LogP contribution in [0.3, 0.4) is 0 Å². The zero-order valence-corrected chi connectivity index (χ0v) is 15.6. The van der Waals surface area contributed by atoms with Crippen LogP contribution in [0, 0.1) is 5.82 Å². The molecule has 0 atom stereocenters. The van der Waals surface area contributed by atoms with Gasteiger partial charge in [-0.3, -0.25) is 5.84 Å². The number of hydrogen-bond acceptors (Lipinski definition) is 3. The molecule has 0 unspecified atom stereocenters. The molecule has 0 fully saturated rings. The zero-order chi connectivity index (χ0) is 20.4. The van der Waals surface area contributed by atoms with Crippen LogP contribution in [-0.4, -0.2) is 0 Å². The van der Waals surface area contributed by atoms with Crippen LogP contribution in [-0.2, 0) is 0 Å². The van der Waals surface area contributed by atoms with E-state index in [1.54, 1.807) is 36.6 Å². The van der Waals surface area contributed by atoms with Gasteiger partial charge in [0.05, 0.1) is 0 Å². The predicted octanol–water partition coefficient (Wildman–Crippen LogP) is 4.85. The van der Waals surface area contributed by atoms with E-state index >= 15 is 0 Å². The van der Waals surface area contributed by atoms with Crippen LogP contribution in [0.15, 0.2) is 115 Å². The van der Waals surface area contributed by atoms with Gasteiger partial charge in [0.2, 0.25) is 0 Å². The van der Waals surface area contributed by atoms with E-state index in [9.17, 15) is 4.39 Å². The molecular formula is C24H24FN3. The van der Waals surface area contributed by atoms with Gasteiger partial charge in [0, 0.05) is 17.5 Å². The predicted molar refractivity (Wildman–Crippen MR) is 117 cm³/mol. The van der Waals surface area contributed by atoms with Crippen molar-refractivity contribution in [3.05, 3.63) is 132 Å². The van der Waals surface area contributed by atoms with E-state index < -0.39 is 0 Å². The summed E-state index contributed by atoms with van der Waals surface area (Å²) in [5.41, 5.74) is 13.2. The summed E-state index contributed by atoms with van der Waals surface area (Å²) in [6.07, 6.45) is 10.6. The minimum Gasteiger partial charge on any atom is -0.399 e. The molecule has 0 heterocycles. The first-order valence-electron chi connectivity index (χ1n) is 8.70. The van der Waals surface area contributed by atoms with Crippen LogP contribution in [0.5, 0.6) is 0 Å². The largest absolute Gasteiger partial charge is 0.399 e. The van der Waals surface area contributed by atoms with E-state index in [1.165, 1.54) is 12.1 Å². The third-order valence-corrected chi connectivity index (χ3v) is 3.94. The van der Waals surface area contributed by atoms with E-state index in [2.05, 4.69) is 18.6 Å². The molecule has 0 aromatic heterocycles. The van der Waals surface area contributed by atoms with Crippen molar-refractivity contribution in [2.75, 3.05) is 0 Å². The van der Waals surface area contributed by atoms with Gasteiger partial charge in [-0.2, -0.15) is 0 Å². The molecule has 0 aliphatic rings. The standard InChI is InChI=1S/C24H24FN3/c1-3-7-21(16-23(26)15-10-19-8-5-4-6-9-19)24(17-28-27)18(2)20-11-13-22(25)14-12-20/h3-17,28H,1-2,26-27H2/b15-10+,21-7+,23-16-,24-17+. The number of rotatable bonds is 8. The van der Waals surface area contributed by atoms with E-state index in [-0.39, 0.29) is 5.82 Å². The molecule has 0 bridgehead atoms. The second kappa shape index (κ2) is 10.5. The molecule has 0 amide bonds. The second-order valence-corrected chi connectivity index (χ2v) is 5.96. The molecule has 3 nitrogen and oxygen atoms in total. The third-order valence-electron chi connectivity index (χ3n) is 3.94. The highest BCUT2D eigenvalue weighted by Crippen LogP contribution is 2.28. The van der Waals surface area contributed by atoms with Gasteiger partial charge in [0.15, 0.2) is 0 Å². The maximum absolute atomic E-state index is 13.2. The number of hydrazine groups is 1. The Kier molecular flexibility index (Phi) is 7.76. The maximum atomic E-state index is 13.2. The highest BCUT2D eigenvalue weighted by Gasteiger charge is 2.10. The summed E-state index contributed by atoms with van der Waals surface area (Å²) in [5, 5.41) is 0. The Morgan fingerprint density at radius 3 is 2.32 bits per heavy atom. The molecular weight excluding hydrogens is 349 g/mol. The Labute approximate surface area is 165 Å². The third kappa shape index (κ3) is 5.97. The lowest BCUT2D eigenvalue weighted by atomic mass is 9.93. The molecule has 4 heteroatoms. The Morgan fingerprint density at radius 2 is 1.71 bits per heavy atom. The lowest BCUT2D eigenvalue weighted by molar-refractivity contribution is 0.627. The molecule has 0 saturated heterocycles. The fourth-order valence-electron chi connectivity index (χ4n) is 2.56. The summed E-state index contributed by atoms with van der Waals surface area (Å²) in [7, 11) is 0. The normalized spacial score (nSPS) is 12.9. The van der Waals surface area contributed by atoms with Crippen LogP contribution in [0.2, 0.25) is 0 Å². The fraction of sp³-hybridized carbons (Fsp3) is 0. The summed E-state index contributed by atoms with van der Waals surface area (Å²) in [6.45, 7) is 7.89. The van der Waals surface area contributed by atoms with Crippen LogP contribution in [0.25, 0.3) is 11.6 Å². The van der Waals surface area contributed by atoms with Crippen LogP contribution in [0.1, 0.15) is 11.1 Å². The summed E-state index contributed by atoms with van der Waals surface area (Å²) in [6, 6.07) is 16.0. The van der Waals surface area contributed by atoms with Crippen LogP contribution in [0.4, 0.5) is 4.39 Å². The smallest absolute Gasteiger partial charge is 0.123 e. The number of nitrogens with two attached hydrogens (primary N) is 2. The van der Waals surface area contributed by atoms with Gasteiger partial charge < -0.3 is 11.2 Å². The first kappa shape index (κ1) is 20.7. The van der Waals surface area contributed by atoms with Crippen LogP contribution >= 0.6 is 0 Å². The molecule has 28 heavy (non-hydrogen) atoms. The second-order valence-electron chi connectivity index (χ2n) is 5.96. The summed E-state index contributed by atoms with van der Waals surface area (Å²) < 4.78 is 13.2. The minimum atomic E-state index is -0.309. The highest BCUT2D eigenvalue weighted by atomic mass is 19.1. The Bertz CT molecular complexity index is 934. The maximum Gasteiger partial charge on any atom is 0.123 e. The number of benzene rings is 2. The van der Waals surface area contributed by atoms with Gasteiger partial charge in [-0.05, 0) is 46.6 Å². The molecule has 0 radical (unpaired) electrons. The summed E-state index contributed by atoms with van der Waals surface area (Å²) in [4.78, 5) is 0. The number of halogens is 1. The first-order valence-corrected chi connectivity index (χ1v) is 8.70. The first-order chi connectivity index (χ1) is 13.5. The lowest BCUT2D eigenvalue weighted by Gasteiger charge is -2.13. The van der Waals surface area contributed by atoms with Crippen molar-refractivity contribution >= 4 is 11.6 Å². The van der Waals surface area contributed by atoms with Crippen molar-refractivity contribution in [1.82, 2.24) is 5.43 Å². The molecule has 2 aromatic rings. The van der Waals surface area contributed by atoms with E-state index in [0.717, 1.165) is 16.7 Å². The zero-order valence-electron chi connectivity index (χ0n) is 15.6. The summed E-state index contributed by atoms with van der Waals surface area (Å²) in [5.74, 6) is 5.21. The van der Waals surface area contributed by atoms with Crippen molar-refractivity contribution in [3.63, 3.8) is 0 Å². The van der Waals surface area contributed by atoms with E-state index in [4.69, 9.17) is 11.6 Å². The van der Waals surface area contributed by atoms with Crippen molar-refractivity contribution in [2.45, 2.75) is 0 Å². The molecule has 0 saturated carbocycles. The molecule has 2 aromatic carbocycles. The number of nitrogens with one attached hydrogen (secondary N) is 1. The van der Waals surface area contributed by atoms with Crippen molar-refractivity contribution < 1.29 is 4.39 Å². The molecule has 5 N–H and O–H groups in total. The number of hydrogen-bond donors (Lipinski definition) is 3. The van der Waals surface area contributed by atoms with Gasteiger partial charge in [0.25, 0.3) is 0 Å². The average molecular weight is 373 g/mol. The monoisotopic (exact) mass is 373 g/mol. The average Bonchev–Trinajstić information content (AvgIpc) is 2.71. The molecule has 0 aliphatic heterocycles. The molecule has 0 spiro atoms. The lowest BCUT2D eigenvalue weighted by Crippen LogP contribution is -2.15. The molecule has 0 aliphatic carbocycles. The van der Waals surface area contributed by atoms with Gasteiger partial charge in [-0.25, -0.2) is 4.39 Å². The minimum absolute atomic E-state index is 0.309. The topological polar surface area (TPSA) is 64.1 Å². The van der Waals surface area contributed by atoms with Crippen molar-refractivity contribution in [3.8, 4) is 0 Å². The van der Waals surface area contributed by atoms with Gasteiger partial charge in [-0.15, -0.1) is 0 Å². The Morgan fingerprint density at radius 1 is 1.04 bits per heavy atom. The SMILES string of the molecule is C=C/C=C(\C=C(N)\C=C\c1ccccc1)C(=C/NN)/C(=C)c1ccc(F)cc1. The van der Waals surface area contributed by atoms with Gasteiger partial charge >= 0.3 is 0 Å². The van der Waals surface area contributed by atoms with Gasteiger partial charge in [-0.1, -0.05) is 73.9 Å². The van der Waals surface area contributed by atoms with E-state index in [1.807, 2.05) is 42.5 Å². The quantitative estimate of drug-likeness (QED) is 0.352. The van der Waals surface area contributed by atoms with Crippen molar-refractivity contribution in [2.24, 2.45) is 11.6 Å². The fourth-order valence-corrected chi connectivity index (χ4v) is 2.56. The van der Waals surface area contributed by atoms with Crippen molar-refractivity contribution in [1.29, 1.82) is 0 Å².